The van der Waals surface area contributed by atoms with Gasteiger partial charge in [0.25, 0.3) is 0 Å². The third kappa shape index (κ3) is 4.18. The number of pyridine rings is 1. The van der Waals surface area contributed by atoms with Gasteiger partial charge in [0.05, 0.1) is 31.6 Å². The molecule has 0 saturated carbocycles. The summed E-state index contributed by atoms with van der Waals surface area (Å²) < 4.78 is 5.30. The Kier molecular flexibility index (Phi) is 5.11. The number of amides is 1. The van der Waals surface area contributed by atoms with E-state index in [1.807, 2.05) is 19.1 Å². The van der Waals surface area contributed by atoms with E-state index in [9.17, 15) is 4.79 Å². The van der Waals surface area contributed by atoms with Gasteiger partial charge in [-0.3, -0.25) is 4.79 Å². The normalized spacial score (nSPS) is 15.3. The molecule has 0 aliphatic carbocycles. The summed E-state index contributed by atoms with van der Waals surface area (Å²) in [7, 11) is 0. The van der Waals surface area contributed by atoms with Crippen LogP contribution in [0.2, 0.25) is 0 Å². The van der Waals surface area contributed by atoms with Gasteiger partial charge in [-0.1, -0.05) is 6.92 Å². The van der Waals surface area contributed by atoms with E-state index >= 15 is 0 Å². The monoisotopic (exact) mass is 264 g/mol. The van der Waals surface area contributed by atoms with Crippen LogP contribution in [0.15, 0.2) is 18.3 Å². The summed E-state index contributed by atoms with van der Waals surface area (Å²) in [5, 5.41) is 5.78. The van der Waals surface area contributed by atoms with Crippen LogP contribution < -0.4 is 15.5 Å². The Bertz CT molecular complexity index is 402. The lowest BCUT2D eigenvalue weighted by Gasteiger charge is -2.27. The molecule has 6 nitrogen and oxygen atoms in total. The standard InChI is InChI=1S/C13H20N4O2/c1-2-14-10-13(18)16-11-3-4-12(15-9-11)17-5-7-19-8-6-17/h3-4,9,14H,2,5-8,10H2,1H3,(H,16,18). The van der Waals surface area contributed by atoms with Gasteiger partial charge in [-0.15, -0.1) is 0 Å². The van der Waals surface area contributed by atoms with Crippen LogP contribution in [0.4, 0.5) is 11.5 Å². The summed E-state index contributed by atoms with van der Waals surface area (Å²) in [5.41, 5.74) is 0.722. The number of ether oxygens (including phenoxy) is 1. The van der Waals surface area contributed by atoms with Crippen LogP contribution in [0, 0.1) is 0 Å². The average Bonchev–Trinajstić information content (AvgIpc) is 2.47. The van der Waals surface area contributed by atoms with E-state index in [0.717, 1.165) is 44.4 Å². The molecule has 2 heterocycles. The third-order valence-electron chi connectivity index (χ3n) is 2.90. The van der Waals surface area contributed by atoms with E-state index in [0.29, 0.717) is 6.54 Å². The predicted molar refractivity (Wildman–Crippen MR) is 74.4 cm³/mol. The lowest BCUT2D eigenvalue weighted by atomic mass is 10.3. The molecule has 1 aromatic rings. The Morgan fingerprint density at radius 3 is 2.84 bits per heavy atom. The second-order valence-electron chi connectivity index (χ2n) is 4.33. The molecule has 1 saturated heterocycles. The lowest BCUT2D eigenvalue weighted by molar-refractivity contribution is -0.115. The van der Waals surface area contributed by atoms with Crippen molar-refractivity contribution in [2.45, 2.75) is 6.92 Å². The van der Waals surface area contributed by atoms with Gasteiger partial charge in [0.2, 0.25) is 5.91 Å². The van der Waals surface area contributed by atoms with Gasteiger partial charge < -0.3 is 20.3 Å². The molecule has 1 aliphatic rings. The van der Waals surface area contributed by atoms with Gasteiger partial charge in [-0.05, 0) is 18.7 Å². The molecule has 0 aromatic carbocycles. The highest BCUT2D eigenvalue weighted by molar-refractivity contribution is 5.92. The summed E-state index contributed by atoms with van der Waals surface area (Å²) in [6.45, 7) is 6.26. The van der Waals surface area contributed by atoms with E-state index < -0.39 is 0 Å². The maximum atomic E-state index is 11.5. The Morgan fingerprint density at radius 2 is 2.21 bits per heavy atom. The summed E-state index contributed by atoms with van der Waals surface area (Å²) in [6.07, 6.45) is 1.69. The van der Waals surface area contributed by atoms with Crippen LogP contribution in [-0.2, 0) is 9.53 Å². The number of nitrogens with one attached hydrogen (secondary N) is 2. The second-order valence-corrected chi connectivity index (χ2v) is 4.33. The molecule has 6 heteroatoms. The molecule has 0 atom stereocenters. The Morgan fingerprint density at radius 1 is 1.42 bits per heavy atom. The molecule has 1 aliphatic heterocycles. The number of aromatic nitrogens is 1. The highest BCUT2D eigenvalue weighted by atomic mass is 16.5. The maximum Gasteiger partial charge on any atom is 0.238 e. The zero-order chi connectivity index (χ0) is 13.5. The molecule has 0 radical (unpaired) electrons. The van der Waals surface area contributed by atoms with Gasteiger partial charge in [0.1, 0.15) is 5.82 Å². The molecule has 0 bridgehead atoms. The maximum absolute atomic E-state index is 11.5. The first-order valence-electron chi connectivity index (χ1n) is 6.59. The minimum atomic E-state index is -0.0530. The number of carbonyl (C=O) groups excluding carboxylic acids is 1. The first kappa shape index (κ1) is 13.8. The lowest BCUT2D eigenvalue weighted by Crippen LogP contribution is -2.36. The summed E-state index contributed by atoms with van der Waals surface area (Å²) in [6, 6.07) is 3.80. The summed E-state index contributed by atoms with van der Waals surface area (Å²) in [4.78, 5) is 18.1. The number of anilines is 2. The van der Waals surface area contributed by atoms with E-state index in [4.69, 9.17) is 4.74 Å². The third-order valence-corrected chi connectivity index (χ3v) is 2.90. The number of carbonyl (C=O) groups is 1. The quantitative estimate of drug-likeness (QED) is 0.809. The van der Waals surface area contributed by atoms with Crippen LogP contribution in [-0.4, -0.2) is 50.3 Å². The van der Waals surface area contributed by atoms with Gasteiger partial charge in [-0.25, -0.2) is 4.98 Å². The van der Waals surface area contributed by atoms with Crippen molar-refractivity contribution in [1.82, 2.24) is 10.3 Å². The molecule has 1 fully saturated rings. The van der Waals surface area contributed by atoms with Crippen molar-refractivity contribution in [3.63, 3.8) is 0 Å². The SMILES string of the molecule is CCNCC(=O)Nc1ccc(N2CCOCC2)nc1. The second kappa shape index (κ2) is 7.06. The van der Waals surface area contributed by atoms with Crippen molar-refractivity contribution in [2.24, 2.45) is 0 Å². The number of likely N-dealkylation sites (N-methyl/N-ethyl adjacent to an activating group) is 1. The number of hydrogen-bond donors (Lipinski definition) is 2. The fourth-order valence-corrected chi connectivity index (χ4v) is 1.88. The molecular formula is C13H20N4O2. The molecule has 1 amide bonds. The van der Waals surface area contributed by atoms with Crippen LogP contribution in [0.5, 0.6) is 0 Å². The van der Waals surface area contributed by atoms with Crippen LogP contribution in [0.25, 0.3) is 0 Å². The molecule has 2 N–H and O–H groups in total. The first-order valence-corrected chi connectivity index (χ1v) is 6.59. The fourth-order valence-electron chi connectivity index (χ4n) is 1.88. The van der Waals surface area contributed by atoms with E-state index in [2.05, 4.69) is 20.5 Å². The van der Waals surface area contributed by atoms with Crippen molar-refractivity contribution in [2.75, 3.05) is 49.6 Å². The highest BCUT2D eigenvalue weighted by Crippen LogP contribution is 2.15. The fraction of sp³-hybridized carbons (Fsp3) is 0.538. The minimum Gasteiger partial charge on any atom is -0.378 e. The molecule has 2 rings (SSSR count). The highest BCUT2D eigenvalue weighted by Gasteiger charge is 2.12. The van der Waals surface area contributed by atoms with E-state index in [1.165, 1.54) is 0 Å². The molecule has 0 unspecified atom stereocenters. The number of hydrogen-bond acceptors (Lipinski definition) is 5. The summed E-state index contributed by atoms with van der Waals surface area (Å²) >= 11 is 0. The Labute approximate surface area is 113 Å². The number of nitrogens with zero attached hydrogens (tertiary/aromatic N) is 2. The largest absolute Gasteiger partial charge is 0.378 e. The molecule has 1 aromatic heterocycles. The van der Waals surface area contributed by atoms with Crippen molar-refractivity contribution >= 4 is 17.4 Å². The smallest absolute Gasteiger partial charge is 0.238 e. The molecular weight excluding hydrogens is 244 g/mol. The minimum absolute atomic E-state index is 0.0530. The van der Waals surface area contributed by atoms with Crippen LogP contribution in [0.3, 0.4) is 0 Å². The molecule has 104 valence electrons. The number of rotatable bonds is 5. The van der Waals surface area contributed by atoms with Gasteiger partial charge >= 0.3 is 0 Å². The average molecular weight is 264 g/mol. The first-order chi connectivity index (χ1) is 9.29. The zero-order valence-electron chi connectivity index (χ0n) is 11.2. The number of morpholine rings is 1. The van der Waals surface area contributed by atoms with Gasteiger partial charge in [0, 0.05) is 13.1 Å². The van der Waals surface area contributed by atoms with Crippen LogP contribution >= 0.6 is 0 Å². The van der Waals surface area contributed by atoms with E-state index in [1.54, 1.807) is 6.20 Å². The van der Waals surface area contributed by atoms with Crippen molar-refractivity contribution in [3.05, 3.63) is 18.3 Å². The summed E-state index contributed by atoms with van der Waals surface area (Å²) in [5.74, 6) is 0.871. The molecule has 0 spiro atoms. The molecule has 19 heavy (non-hydrogen) atoms. The van der Waals surface area contributed by atoms with Crippen molar-refractivity contribution < 1.29 is 9.53 Å². The zero-order valence-corrected chi connectivity index (χ0v) is 11.2. The van der Waals surface area contributed by atoms with Crippen LogP contribution in [0.1, 0.15) is 6.92 Å². The van der Waals surface area contributed by atoms with Crippen molar-refractivity contribution in [3.8, 4) is 0 Å². The Hall–Kier alpha value is -1.66. The predicted octanol–water partition coefficient (Wildman–Crippen LogP) is 0.466. The topological polar surface area (TPSA) is 66.5 Å². The van der Waals surface area contributed by atoms with E-state index in [-0.39, 0.29) is 5.91 Å². The Balaban J connectivity index is 1.88. The van der Waals surface area contributed by atoms with Gasteiger partial charge in [0.15, 0.2) is 0 Å². The van der Waals surface area contributed by atoms with Gasteiger partial charge in [-0.2, -0.15) is 0 Å². The van der Waals surface area contributed by atoms with Crippen molar-refractivity contribution in [1.29, 1.82) is 0 Å².